The van der Waals surface area contributed by atoms with Crippen LogP contribution >= 0.6 is 0 Å². The van der Waals surface area contributed by atoms with Crippen LogP contribution < -0.4 is 0 Å². The Morgan fingerprint density at radius 1 is 1.00 bits per heavy atom. The van der Waals surface area contributed by atoms with Crippen molar-refractivity contribution in [3.8, 4) is 0 Å². The average molecular weight is 202 g/mol. The molecule has 0 amide bonds. The van der Waals surface area contributed by atoms with E-state index >= 15 is 0 Å². The minimum absolute atomic E-state index is 0.230. The molecular weight excluding hydrogens is 176 g/mol. The van der Waals surface area contributed by atoms with Gasteiger partial charge in [-0.15, -0.1) is 0 Å². The van der Waals surface area contributed by atoms with E-state index in [4.69, 9.17) is 9.47 Å². The van der Waals surface area contributed by atoms with Crippen molar-refractivity contribution in [3.63, 3.8) is 0 Å². The molecule has 0 aliphatic carbocycles. The topological polar surface area (TPSA) is 18.5 Å². The van der Waals surface area contributed by atoms with Crippen LogP contribution in [0.5, 0.6) is 0 Å². The van der Waals surface area contributed by atoms with Crippen molar-refractivity contribution in [2.45, 2.75) is 65.6 Å². The number of ether oxygens (including phenoxy) is 2. The van der Waals surface area contributed by atoms with Gasteiger partial charge in [0.15, 0.2) is 0 Å². The number of rotatable bonds is 9. The van der Waals surface area contributed by atoms with E-state index < -0.39 is 0 Å². The molecule has 0 aliphatic heterocycles. The van der Waals surface area contributed by atoms with E-state index in [-0.39, 0.29) is 6.10 Å². The summed E-state index contributed by atoms with van der Waals surface area (Å²) >= 11 is 0. The van der Waals surface area contributed by atoms with E-state index in [2.05, 4.69) is 27.7 Å². The van der Waals surface area contributed by atoms with Crippen LogP contribution in [0.1, 0.15) is 53.4 Å². The second kappa shape index (κ2) is 9.47. The van der Waals surface area contributed by atoms with Gasteiger partial charge in [0.05, 0.1) is 18.8 Å². The first kappa shape index (κ1) is 13.9. The zero-order valence-electron chi connectivity index (χ0n) is 10.2. The fourth-order valence-electron chi connectivity index (χ4n) is 1.39. The van der Waals surface area contributed by atoms with Gasteiger partial charge in [-0.1, -0.05) is 26.7 Å². The van der Waals surface area contributed by atoms with E-state index in [1.165, 1.54) is 12.8 Å². The summed E-state index contributed by atoms with van der Waals surface area (Å²) in [6.07, 6.45) is 5.34. The summed E-state index contributed by atoms with van der Waals surface area (Å²) in [5.41, 5.74) is 0. The van der Waals surface area contributed by atoms with Crippen LogP contribution in [0.2, 0.25) is 0 Å². The first-order valence-electron chi connectivity index (χ1n) is 5.93. The van der Waals surface area contributed by atoms with E-state index in [0.717, 1.165) is 26.1 Å². The number of hydrogen-bond donors (Lipinski definition) is 0. The Labute approximate surface area is 89.0 Å². The maximum absolute atomic E-state index is 5.77. The van der Waals surface area contributed by atoms with Crippen LogP contribution in [0.3, 0.4) is 0 Å². The molecular formula is C12H26O2. The largest absolute Gasteiger partial charge is 0.379 e. The Balaban J connectivity index is 3.35. The Morgan fingerprint density at radius 2 is 1.71 bits per heavy atom. The number of unbranched alkanes of at least 4 members (excludes halogenated alkanes) is 1. The van der Waals surface area contributed by atoms with Crippen LogP contribution in [-0.4, -0.2) is 25.4 Å². The van der Waals surface area contributed by atoms with Crippen molar-refractivity contribution in [2.24, 2.45) is 0 Å². The van der Waals surface area contributed by atoms with Crippen molar-refractivity contribution in [3.05, 3.63) is 0 Å². The van der Waals surface area contributed by atoms with Gasteiger partial charge in [0.1, 0.15) is 0 Å². The summed E-state index contributed by atoms with van der Waals surface area (Å²) in [4.78, 5) is 0. The first-order chi connectivity index (χ1) is 6.70. The molecule has 2 heteroatoms. The lowest BCUT2D eigenvalue weighted by atomic mass is 10.2. The predicted molar refractivity (Wildman–Crippen MR) is 60.6 cm³/mol. The van der Waals surface area contributed by atoms with Crippen molar-refractivity contribution in [2.75, 3.05) is 13.2 Å². The third-order valence-electron chi connectivity index (χ3n) is 2.13. The molecule has 86 valence electrons. The van der Waals surface area contributed by atoms with Gasteiger partial charge in [0.2, 0.25) is 0 Å². The van der Waals surface area contributed by atoms with Gasteiger partial charge in [0, 0.05) is 6.61 Å². The van der Waals surface area contributed by atoms with Gasteiger partial charge in [0.25, 0.3) is 0 Å². The third-order valence-corrected chi connectivity index (χ3v) is 2.13. The van der Waals surface area contributed by atoms with Gasteiger partial charge in [-0.25, -0.2) is 0 Å². The maximum Gasteiger partial charge on any atom is 0.0784 e. The van der Waals surface area contributed by atoms with Gasteiger partial charge in [-0.2, -0.15) is 0 Å². The molecule has 0 aromatic heterocycles. The van der Waals surface area contributed by atoms with E-state index in [0.29, 0.717) is 6.10 Å². The molecule has 0 aliphatic rings. The van der Waals surface area contributed by atoms with Crippen molar-refractivity contribution in [1.82, 2.24) is 0 Å². The molecule has 0 saturated heterocycles. The summed E-state index contributed by atoms with van der Waals surface area (Å²) < 4.78 is 11.2. The van der Waals surface area contributed by atoms with Crippen molar-refractivity contribution in [1.29, 1.82) is 0 Å². The molecule has 14 heavy (non-hydrogen) atoms. The summed E-state index contributed by atoms with van der Waals surface area (Å²) in [7, 11) is 0. The van der Waals surface area contributed by atoms with Gasteiger partial charge < -0.3 is 9.47 Å². The minimum Gasteiger partial charge on any atom is -0.379 e. The lowest BCUT2D eigenvalue weighted by molar-refractivity contribution is -0.0443. The van der Waals surface area contributed by atoms with Crippen LogP contribution in [0.4, 0.5) is 0 Å². The van der Waals surface area contributed by atoms with Gasteiger partial charge >= 0.3 is 0 Å². The lowest BCUT2D eigenvalue weighted by Gasteiger charge is -2.18. The summed E-state index contributed by atoms with van der Waals surface area (Å²) in [5, 5.41) is 0. The van der Waals surface area contributed by atoms with E-state index in [1.54, 1.807) is 0 Å². The second-order valence-corrected chi connectivity index (χ2v) is 3.97. The molecule has 0 rings (SSSR count). The Kier molecular flexibility index (Phi) is 9.42. The molecule has 2 atom stereocenters. The molecule has 0 N–H and O–H groups in total. The normalized spacial score (nSPS) is 15.4. The van der Waals surface area contributed by atoms with E-state index in [9.17, 15) is 0 Å². The summed E-state index contributed by atoms with van der Waals surface area (Å²) in [6, 6.07) is 0. The third kappa shape index (κ3) is 8.52. The molecule has 2 unspecified atom stereocenters. The molecule has 0 spiro atoms. The zero-order chi connectivity index (χ0) is 10.8. The predicted octanol–water partition coefficient (Wildman–Crippen LogP) is 3.40. The fourth-order valence-corrected chi connectivity index (χ4v) is 1.39. The van der Waals surface area contributed by atoms with Crippen LogP contribution in [0.25, 0.3) is 0 Å². The molecule has 0 saturated carbocycles. The van der Waals surface area contributed by atoms with Gasteiger partial charge in [-0.3, -0.25) is 0 Å². The fraction of sp³-hybridized carbons (Fsp3) is 1.00. The molecule has 0 aromatic carbocycles. The van der Waals surface area contributed by atoms with Crippen molar-refractivity contribution >= 4 is 0 Å². The molecule has 0 radical (unpaired) electrons. The highest BCUT2D eigenvalue weighted by Gasteiger charge is 2.07. The Bertz CT molecular complexity index is 115. The highest BCUT2D eigenvalue weighted by Crippen LogP contribution is 2.07. The molecule has 0 heterocycles. The minimum atomic E-state index is 0.230. The maximum atomic E-state index is 5.77. The molecule has 0 fully saturated rings. The summed E-state index contributed by atoms with van der Waals surface area (Å²) in [6.45, 7) is 10.1. The zero-order valence-corrected chi connectivity index (χ0v) is 10.2. The van der Waals surface area contributed by atoms with Gasteiger partial charge in [-0.05, 0) is 26.7 Å². The smallest absolute Gasteiger partial charge is 0.0784 e. The Morgan fingerprint density at radius 3 is 2.29 bits per heavy atom. The van der Waals surface area contributed by atoms with Crippen molar-refractivity contribution < 1.29 is 9.47 Å². The summed E-state index contributed by atoms with van der Waals surface area (Å²) in [5.74, 6) is 0. The van der Waals surface area contributed by atoms with E-state index in [1.807, 2.05) is 0 Å². The molecule has 2 nitrogen and oxygen atoms in total. The lowest BCUT2D eigenvalue weighted by Crippen LogP contribution is -2.22. The SMILES string of the molecule is CCCCC(C)OC(C)COCCC. The average Bonchev–Trinajstić information content (AvgIpc) is 2.15. The number of hydrogen-bond acceptors (Lipinski definition) is 2. The van der Waals surface area contributed by atoms with Crippen LogP contribution in [-0.2, 0) is 9.47 Å². The quantitative estimate of drug-likeness (QED) is 0.533. The highest BCUT2D eigenvalue weighted by molar-refractivity contribution is 4.55. The monoisotopic (exact) mass is 202 g/mol. The van der Waals surface area contributed by atoms with Crippen LogP contribution in [0.15, 0.2) is 0 Å². The molecule has 0 aromatic rings. The standard InChI is InChI=1S/C12H26O2/c1-5-7-8-11(3)14-12(4)10-13-9-6-2/h11-12H,5-10H2,1-4H3. The van der Waals surface area contributed by atoms with Crippen LogP contribution in [0, 0.1) is 0 Å². The second-order valence-electron chi connectivity index (χ2n) is 3.97. The Hall–Kier alpha value is -0.0800. The first-order valence-corrected chi connectivity index (χ1v) is 5.93. The molecule has 0 bridgehead atoms. The highest BCUT2D eigenvalue weighted by atomic mass is 16.5.